The number of aryl methyl sites for hydroxylation is 2. The Morgan fingerprint density at radius 2 is 1.85 bits per heavy atom. The second kappa shape index (κ2) is 6.75. The zero-order valence-electron chi connectivity index (χ0n) is 15.3. The molecule has 0 radical (unpaired) electrons. The monoisotopic (exact) mass is 364 g/mol. The quantitative estimate of drug-likeness (QED) is 0.773. The van der Waals surface area contributed by atoms with E-state index in [0.717, 1.165) is 11.4 Å². The number of anilines is 1. The zero-order chi connectivity index (χ0) is 19.0. The normalized spacial score (nSPS) is 18.2. The Morgan fingerprint density at radius 1 is 1.11 bits per heavy atom. The van der Waals surface area contributed by atoms with Crippen LogP contribution in [0.2, 0.25) is 0 Å². The number of amides is 1. The number of hydrogen-bond acceptors (Lipinski definition) is 5. The lowest BCUT2D eigenvalue weighted by molar-refractivity contribution is -0.128. The number of fused-ring (bicyclic) bond motifs is 1. The van der Waals surface area contributed by atoms with E-state index in [0.29, 0.717) is 23.0 Å². The van der Waals surface area contributed by atoms with Gasteiger partial charge in [-0.3, -0.25) is 4.79 Å². The molecule has 27 heavy (non-hydrogen) atoms. The number of carbonyl (C=O) groups excluding carboxylic acids is 1. The summed E-state index contributed by atoms with van der Waals surface area (Å²) in [6.45, 7) is 5.71. The van der Waals surface area contributed by atoms with Gasteiger partial charge in [0.15, 0.2) is 17.3 Å². The van der Waals surface area contributed by atoms with Gasteiger partial charge in [-0.25, -0.2) is 9.67 Å². The number of hydrogen-bond donors (Lipinski definition) is 1. The standard InChI is InChI=1S/C20H20N4O3/c1-12-10-13(2)24(23-12)18-9-8-15(11-21-18)22-20(25)19-14(3)26-16-6-4-5-7-17(16)27-19/h4-11,14,19H,1-3H3,(H,22,25). The molecule has 1 aliphatic rings. The minimum absolute atomic E-state index is 0.280. The third-order valence-electron chi connectivity index (χ3n) is 4.34. The molecule has 1 N–H and O–H groups in total. The van der Waals surface area contributed by atoms with Crippen LogP contribution >= 0.6 is 0 Å². The lowest BCUT2D eigenvalue weighted by atomic mass is 10.1. The summed E-state index contributed by atoms with van der Waals surface area (Å²) in [4.78, 5) is 17.0. The van der Waals surface area contributed by atoms with E-state index >= 15 is 0 Å². The first kappa shape index (κ1) is 17.1. The van der Waals surface area contributed by atoms with Gasteiger partial charge in [0.05, 0.1) is 17.6 Å². The highest BCUT2D eigenvalue weighted by Crippen LogP contribution is 2.33. The average molecular weight is 364 g/mol. The van der Waals surface area contributed by atoms with Crippen molar-refractivity contribution in [3.8, 4) is 17.3 Å². The Labute approximate surface area is 156 Å². The summed E-state index contributed by atoms with van der Waals surface area (Å²) in [5.41, 5.74) is 2.51. The highest BCUT2D eigenvalue weighted by Gasteiger charge is 2.34. The second-order valence-corrected chi connectivity index (χ2v) is 6.54. The van der Waals surface area contributed by atoms with Crippen molar-refractivity contribution in [3.63, 3.8) is 0 Å². The number of rotatable bonds is 3. The maximum Gasteiger partial charge on any atom is 0.269 e. The van der Waals surface area contributed by atoms with Gasteiger partial charge in [0.25, 0.3) is 5.91 Å². The number of para-hydroxylation sites is 2. The van der Waals surface area contributed by atoms with Crippen LogP contribution in [0.25, 0.3) is 5.82 Å². The van der Waals surface area contributed by atoms with E-state index in [-0.39, 0.29) is 5.91 Å². The lowest BCUT2D eigenvalue weighted by Gasteiger charge is -2.30. The molecular formula is C20H20N4O3. The van der Waals surface area contributed by atoms with Crippen LogP contribution in [0.4, 0.5) is 5.69 Å². The molecule has 0 spiro atoms. The minimum atomic E-state index is -0.740. The maximum absolute atomic E-state index is 12.6. The van der Waals surface area contributed by atoms with Crippen molar-refractivity contribution >= 4 is 11.6 Å². The molecule has 138 valence electrons. The fourth-order valence-electron chi connectivity index (χ4n) is 3.07. The molecule has 1 aromatic carbocycles. The van der Waals surface area contributed by atoms with Gasteiger partial charge in [-0.15, -0.1) is 0 Å². The van der Waals surface area contributed by atoms with E-state index in [1.54, 1.807) is 23.0 Å². The van der Waals surface area contributed by atoms with Gasteiger partial charge in [0.2, 0.25) is 6.10 Å². The number of nitrogens with zero attached hydrogens (tertiary/aromatic N) is 3. The number of carbonyl (C=O) groups is 1. The van der Waals surface area contributed by atoms with E-state index in [1.807, 2.05) is 51.1 Å². The first-order valence-corrected chi connectivity index (χ1v) is 8.74. The number of aromatic nitrogens is 3. The molecule has 0 aliphatic carbocycles. The third kappa shape index (κ3) is 3.36. The van der Waals surface area contributed by atoms with Gasteiger partial charge in [0, 0.05) is 5.69 Å². The summed E-state index contributed by atoms with van der Waals surface area (Å²) < 4.78 is 13.4. The Balaban J connectivity index is 1.48. The van der Waals surface area contributed by atoms with Crippen LogP contribution in [-0.2, 0) is 4.79 Å². The lowest BCUT2D eigenvalue weighted by Crippen LogP contribution is -2.46. The third-order valence-corrected chi connectivity index (χ3v) is 4.34. The van der Waals surface area contributed by atoms with E-state index in [2.05, 4.69) is 15.4 Å². The van der Waals surface area contributed by atoms with Gasteiger partial charge < -0.3 is 14.8 Å². The summed E-state index contributed by atoms with van der Waals surface area (Å²) in [6, 6.07) is 12.9. The summed E-state index contributed by atoms with van der Waals surface area (Å²) in [6.07, 6.45) is 0.462. The molecule has 4 rings (SSSR count). The molecule has 0 bridgehead atoms. The zero-order valence-corrected chi connectivity index (χ0v) is 15.3. The Morgan fingerprint density at radius 3 is 2.48 bits per heavy atom. The van der Waals surface area contributed by atoms with Gasteiger partial charge in [-0.2, -0.15) is 5.10 Å². The molecule has 1 amide bonds. The summed E-state index contributed by atoms with van der Waals surface area (Å²) >= 11 is 0. The minimum Gasteiger partial charge on any atom is -0.482 e. The Hall–Kier alpha value is -3.35. The number of ether oxygens (including phenoxy) is 2. The van der Waals surface area contributed by atoms with Crippen LogP contribution in [0.3, 0.4) is 0 Å². The largest absolute Gasteiger partial charge is 0.482 e. The van der Waals surface area contributed by atoms with Crippen LogP contribution in [0.15, 0.2) is 48.7 Å². The maximum atomic E-state index is 12.6. The van der Waals surface area contributed by atoms with Crippen molar-refractivity contribution < 1.29 is 14.3 Å². The van der Waals surface area contributed by atoms with Gasteiger partial charge >= 0.3 is 0 Å². The van der Waals surface area contributed by atoms with Gasteiger partial charge in [-0.05, 0) is 51.1 Å². The summed E-state index contributed by atoms with van der Waals surface area (Å²) in [7, 11) is 0. The molecule has 2 aromatic heterocycles. The predicted octanol–water partition coefficient (Wildman–Crippen LogP) is 3.05. The Bertz CT molecular complexity index is 981. The van der Waals surface area contributed by atoms with Gasteiger partial charge in [-0.1, -0.05) is 12.1 Å². The predicted molar refractivity (Wildman–Crippen MR) is 100 cm³/mol. The fraction of sp³-hybridized carbons (Fsp3) is 0.250. The molecule has 0 fully saturated rings. The van der Waals surface area contributed by atoms with Crippen molar-refractivity contribution in [3.05, 3.63) is 60.0 Å². The van der Waals surface area contributed by atoms with Crippen molar-refractivity contribution in [2.24, 2.45) is 0 Å². The van der Waals surface area contributed by atoms with Crippen LogP contribution in [0, 0.1) is 13.8 Å². The molecule has 7 heteroatoms. The molecule has 1 aliphatic heterocycles. The van der Waals surface area contributed by atoms with E-state index in [1.165, 1.54) is 0 Å². The van der Waals surface area contributed by atoms with E-state index < -0.39 is 12.2 Å². The fourth-order valence-corrected chi connectivity index (χ4v) is 3.07. The van der Waals surface area contributed by atoms with Crippen LogP contribution in [0.1, 0.15) is 18.3 Å². The Kier molecular flexibility index (Phi) is 4.27. The van der Waals surface area contributed by atoms with Crippen molar-refractivity contribution in [2.45, 2.75) is 33.0 Å². The SMILES string of the molecule is Cc1cc(C)n(-c2ccc(NC(=O)C3Oc4ccccc4OC3C)cn2)n1. The molecule has 3 aromatic rings. The second-order valence-electron chi connectivity index (χ2n) is 6.54. The molecule has 0 saturated heterocycles. The van der Waals surface area contributed by atoms with Crippen LogP contribution in [0.5, 0.6) is 11.5 Å². The average Bonchev–Trinajstić information content (AvgIpc) is 3.00. The molecule has 2 atom stereocenters. The summed E-state index contributed by atoms with van der Waals surface area (Å²) in [5.74, 6) is 1.62. The van der Waals surface area contributed by atoms with E-state index in [4.69, 9.17) is 9.47 Å². The molecule has 0 saturated carbocycles. The number of benzene rings is 1. The first-order valence-electron chi connectivity index (χ1n) is 8.74. The molecule has 2 unspecified atom stereocenters. The summed E-state index contributed by atoms with van der Waals surface area (Å²) in [5, 5.41) is 7.24. The van der Waals surface area contributed by atoms with Gasteiger partial charge in [0.1, 0.15) is 6.10 Å². The number of nitrogens with one attached hydrogen (secondary N) is 1. The van der Waals surface area contributed by atoms with Crippen LogP contribution < -0.4 is 14.8 Å². The smallest absolute Gasteiger partial charge is 0.269 e. The van der Waals surface area contributed by atoms with E-state index in [9.17, 15) is 4.79 Å². The first-order chi connectivity index (χ1) is 13.0. The van der Waals surface area contributed by atoms with Crippen molar-refractivity contribution in [1.82, 2.24) is 14.8 Å². The van der Waals surface area contributed by atoms with Crippen molar-refractivity contribution in [2.75, 3.05) is 5.32 Å². The molecular weight excluding hydrogens is 344 g/mol. The number of pyridine rings is 1. The van der Waals surface area contributed by atoms with Crippen LogP contribution in [-0.4, -0.2) is 32.9 Å². The molecule has 3 heterocycles. The van der Waals surface area contributed by atoms with Crippen molar-refractivity contribution in [1.29, 1.82) is 0 Å². The topological polar surface area (TPSA) is 78.3 Å². The highest BCUT2D eigenvalue weighted by atomic mass is 16.6. The molecule has 7 nitrogen and oxygen atoms in total. The highest BCUT2D eigenvalue weighted by molar-refractivity contribution is 5.95.